The number of carbonyl (C=O) groups is 1. The third-order valence-electron chi connectivity index (χ3n) is 2.66. The number of primary amides is 1. The lowest BCUT2D eigenvalue weighted by Gasteiger charge is -2.14. The number of likely N-dealkylation sites (N-methyl/N-ethyl adjacent to an activating group) is 1. The molecule has 1 heterocycles. The molecular weight excluding hydrogens is 152 g/mol. The first-order chi connectivity index (χ1) is 5.65. The van der Waals surface area contributed by atoms with Crippen LogP contribution in [0.1, 0.15) is 26.2 Å². The molecule has 0 bridgehead atoms. The average Bonchev–Trinajstić information content (AvgIpc) is 2.32. The Morgan fingerprint density at radius 2 is 2.33 bits per heavy atom. The highest BCUT2D eigenvalue weighted by atomic mass is 16.1. The van der Waals surface area contributed by atoms with E-state index in [0.29, 0.717) is 5.92 Å². The molecule has 0 radical (unpaired) electrons. The summed E-state index contributed by atoms with van der Waals surface area (Å²) in [5.41, 5.74) is 5.27. The first-order valence-electron chi connectivity index (χ1n) is 4.64. The summed E-state index contributed by atoms with van der Waals surface area (Å²) in [5, 5.41) is 0. The van der Waals surface area contributed by atoms with Crippen molar-refractivity contribution in [1.82, 2.24) is 4.90 Å². The lowest BCUT2D eigenvalue weighted by Crippen LogP contribution is -2.37. The van der Waals surface area contributed by atoms with Crippen molar-refractivity contribution < 1.29 is 4.79 Å². The van der Waals surface area contributed by atoms with Gasteiger partial charge in [-0.05, 0) is 25.8 Å². The molecule has 70 valence electrons. The van der Waals surface area contributed by atoms with Gasteiger partial charge in [0.05, 0.1) is 6.04 Å². The van der Waals surface area contributed by atoms with Crippen molar-refractivity contribution in [1.29, 1.82) is 0 Å². The summed E-state index contributed by atoms with van der Waals surface area (Å²) < 4.78 is 0. The van der Waals surface area contributed by atoms with Crippen molar-refractivity contribution in [3.63, 3.8) is 0 Å². The average molecular weight is 170 g/mol. The Hall–Kier alpha value is -0.570. The summed E-state index contributed by atoms with van der Waals surface area (Å²) in [7, 11) is 1.98. The molecule has 1 aliphatic rings. The van der Waals surface area contributed by atoms with Crippen LogP contribution in [0.3, 0.4) is 0 Å². The molecule has 0 aliphatic carbocycles. The van der Waals surface area contributed by atoms with E-state index >= 15 is 0 Å². The molecule has 1 saturated heterocycles. The zero-order chi connectivity index (χ0) is 9.14. The predicted molar refractivity (Wildman–Crippen MR) is 48.6 cm³/mol. The predicted octanol–water partition coefficient (Wildman–Crippen LogP) is 0.592. The first kappa shape index (κ1) is 9.52. The molecule has 0 unspecified atom stereocenters. The van der Waals surface area contributed by atoms with E-state index in [4.69, 9.17) is 5.73 Å². The van der Waals surface area contributed by atoms with Crippen molar-refractivity contribution in [2.24, 2.45) is 11.7 Å². The minimum atomic E-state index is -0.170. The van der Waals surface area contributed by atoms with Crippen molar-refractivity contribution in [3.8, 4) is 0 Å². The Labute approximate surface area is 73.9 Å². The monoisotopic (exact) mass is 170 g/mol. The highest BCUT2D eigenvalue weighted by Gasteiger charge is 2.32. The molecule has 0 spiro atoms. The van der Waals surface area contributed by atoms with E-state index in [9.17, 15) is 4.79 Å². The largest absolute Gasteiger partial charge is 0.368 e. The maximum Gasteiger partial charge on any atom is 0.234 e. The van der Waals surface area contributed by atoms with Gasteiger partial charge in [0.1, 0.15) is 0 Å². The molecule has 2 atom stereocenters. The van der Waals surface area contributed by atoms with Gasteiger partial charge in [0, 0.05) is 6.54 Å². The molecule has 0 aromatic heterocycles. The molecular formula is C9H18N2O. The van der Waals surface area contributed by atoms with E-state index in [1.807, 2.05) is 7.05 Å². The number of hydrogen-bond donors (Lipinski definition) is 1. The number of hydrogen-bond acceptors (Lipinski definition) is 2. The summed E-state index contributed by atoms with van der Waals surface area (Å²) in [6.07, 6.45) is 3.37. The number of likely N-dealkylation sites (tertiary alicyclic amines) is 1. The fourth-order valence-electron chi connectivity index (χ4n) is 2.06. The van der Waals surface area contributed by atoms with Crippen molar-refractivity contribution in [2.45, 2.75) is 32.2 Å². The molecule has 3 heteroatoms. The highest BCUT2D eigenvalue weighted by molar-refractivity contribution is 5.80. The molecule has 0 aromatic rings. The first-order valence-corrected chi connectivity index (χ1v) is 4.64. The fraction of sp³-hybridized carbons (Fsp3) is 0.889. The summed E-state index contributed by atoms with van der Waals surface area (Å²) in [5.74, 6) is 0.508. The van der Waals surface area contributed by atoms with Gasteiger partial charge in [-0.15, -0.1) is 0 Å². The minimum Gasteiger partial charge on any atom is -0.368 e. The normalized spacial score (nSPS) is 30.8. The van der Waals surface area contributed by atoms with Crippen LogP contribution in [0, 0.1) is 5.92 Å². The molecule has 12 heavy (non-hydrogen) atoms. The molecule has 3 nitrogen and oxygen atoms in total. The van der Waals surface area contributed by atoms with Gasteiger partial charge in [-0.3, -0.25) is 9.69 Å². The van der Waals surface area contributed by atoms with Crippen LogP contribution in [-0.2, 0) is 4.79 Å². The van der Waals surface area contributed by atoms with Crippen LogP contribution in [0.2, 0.25) is 0 Å². The summed E-state index contributed by atoms with van der Waals surface area (Å²) >= 11 is 0. The van der Waals surface area contributed by atoms with Crippen LogP contribution in [0.4, 0.5) is 0 Å². The molecule has 0 aromatic carbocycles. The second-order valence-electron chi connectivity index (χ2n) is 3.75. The summed E-state index contributed by atoms with van der Waals surface area (Å²) in [6.45, 7) is 3.21. The number of nitrogens with zero attached hydrogens (tertiary/aromatic N) is 1. The Morgan fingerprint density at radius 1 is 1.67 bits per heavy atom. The number of nitrogens with two attached hydrogens (primary N) is 1. The molecule has 1 fully saturated rings. The molecule has 1 amide bonds. The standard InChI is InChI=1S/C9H18N2O/c1-3-4-7-5-8(9(10)12)11(2)6-7/h7-8H,3-6H2,1-2H3,(H2,10,12)/t7-,8+/m0/s1. The third-order valence-corrected chi connectivity index (χ3v) is 2.66. The van der Waals surface area contributed by atoms with Crippen molar-refractivity contribution in [3.05, 3.63) is 0 Å². The quantitative estimate of drug-likeness (QED) is 0.674. The maximum absolute atomic E-state index is 10.9. The van der Waals surface area contributed by atoms with Gasteiger partial charge in [-0.25, -0.2) is 0 Å². The lowest BCUT2D eigenvalue weighted by molar-refractivity contribution is -0.121. The van der Waals surface area contributed by atoms with Gasteiger partial charge in [0.25, 0.3) is 0 Å². The van der Waals surface area contributed by atoms with E-state index in [-0.39, 0.29) is 11.9 Å². The van der Waals surface area contributed by atoms with Crippen LogP contribution >= 0.6 is 0 Å². The summed E-state index contributed by atoms with van der Waals surface area (Å²) in [4.78, 5) is 13.0. The zero-order valence-corrected chi connectivity index (χ0v) is 7.92. The van der Waals surface area contributed by atoms with Gasteiger partial charge in [-0.2, -0.15) is 0 Å². The van der Waals surface area contributed by atoms with E-state index < -0.39 is 0 Å². The van der Waals surface area contributed by atoms with Crippen LogP contribution in [-0.4, -0.2) is 30.4 Å². The molecule has 0 saturated carbocycles. The van der Waals surface area contributed by atoms with Gasteiger partial charge in [0.2, 0.25) is 5.91 Å². The topological polar surface area (TPSA) is 46.3 Å². The zero-order valence-electron chi connectivity index (χ0n) is 7.92. The van der Waals surface area contributed by atoms with Gasteiger partial charge in [0.15, 0.2) is 0 Å². The number of amides is 1. The Kier molecular flexibility index (Phi) is 3.09. The van der Waals surface area contributed by atoms with Crippen LogP contribution in [0.15, 0.2) is 0 Å². The Bertz CT molecular complexity index is 170. The van der Waals surface area contributed by atoms with E-state index in [2.05, 4.69) is 11.8 Å². The van der Waals surface area contributed by atoms with Gasteiger partial charge >= 0.3 is 0 Å². The van der Waals surface area contributed by atoms with Crippen LogP contribution < -0.4 is 5.73 Å². The Morgan fingerprint density at radius 3 is 2.75 bits per heavy atom. The fourth-order valence-corrected chi connectivity index (χ4v) is 2.06. The lowest BCUT2D eigenvalue weighted by atomic mass is 10.0. The Balaban J connectivity index is 2.44. The SMILES string of the molecule is CCC[C@H]1C[C@H](C(N)=O)N(C)C1. The van der Waals surface area contributed by atoms with Crippen LogP contribution in [0.25, 0.3) is 0 Å². The van der Waals surface area contributed by atoms with Crippen molar-refractivity contribution in [2.75, 3.05) is 13.6 Å². The van der Waals surface area contributed by atoms with E-state index in [1.165, 1.54) is 12.8 Å². The smallest absolute Gasteiger partial charge is 0.234 e. The van der Waals surface area contributed by atoms with E-state index in [1.54, 1.807) is 0 Å². The third kappa shape index (κ3) is 1.97. The second-order valence-corrected chi connectivity index (χ2v) is 3.75. The van der Waals surface area contributed by atoms with E-state index in [0.717, 1.165) is 13.0 Å². The van der Waals surface area contributed by atoms with Gasteiger partial charge < -0.3 is 5.73 Å². The van der Waals surface area contributed by atoms with Crippen LogP contribution in [0.5, 0.6) is 0 Å². The molecule has 1 aliphatic heterocycles. The van der Waals surface area contributed by atoms with Crippen molar-refractivity contribution >= 4 is 5.91 Å². The highest BCUT2D eigenvalue weighted by Crippen LogP contribution is 2.24. The molecule has 2 N–H and O–H groups in total. The number of carbonyl (C=O) groups excluding carboxylic acids is 1. The second kappa shape index (κ2) is 3.90. The van der Waals surface area contributed by atoms with Gasteiger partial charge in [-0.1, -0.05) is 13.3 Å². The summed E-state index contributed by atoms with van der Waals surface area (Å²) in [6, 6.07) is -0.0125. The maximum atomic E-state index is 10.9. The minimum absolute atomic E-state index is 0.0125. The number of rotatable bonds is 3. The molecule has 1 rings (SSSR count).